The quantitative estimate of drug-likeness (QED) is 0.662. The van der Waals surface area contributed by atoms with Crippen molar-refractivity contribution in [1.82, 2.24) is 4.90 Å². The molecule has 15 heavy (non-hydrogen) atoms. The highest BCUT2D eigenvalue weighted by Crippen LogP contribution is 2.23. The molecular weight excluding hydrogens is 210 g/mol. The van der Waals surface area contributed by atoms with Crippen molar-refractivity contribution in [3.63, 3.8) is 0 Å². The van der Waals surface area contributed by atoms with Crippen molar-refractivity contribution in [1.29, 1.82) is 0 Å². The van der Waals surface area contributed by atoms with Gasteiger partial charge in [-0.2, -0.15) is 0 Å². The molecule has 3 rings (SSSR count). The molecule has 3 aliphatic rings. The van der Waals surface area contributed by atoms with Gasteiger partial charge in [-0.05, 0) is 12.0 Å². The molecule has 0 aromatic heterocycles. The van der Waals surface area contributed by atoms with Gasteiger partial charge < -0.3 is 13.6 Å². The second kappa shape index (κ2) is 4.93. The minimum Gasteiger partial charge on any atom is -0.392 e. The fourth-order valence-electron chi connectivity index (χ4n) is 2.22. The van der Waals surface area contributed by atoms with Gasteiger partial charge in [0, 0.05) is 26.3 Å². The zero-order valence-corrected chi connectivity index (χ0v) is 10.7. The first-order chi connectivity index (χ1) is 7.20. The molecule has 3 heterocycles. The Morgan fingerprint density at radius 1 is 1.20 bits per heavy atom. The summed E-state index contributed by atoms with van der Waals surface area (Å²) in [6.45, 7) is 8.77. The molecule has 0 aromatic carbocycles. The lowest BCUT2D eigenvalue weighted by molar-refractivity contribution is -0.0319. The highest BCUT2D eigenvalue weighted by Gasteiger charge is 2.41. The molecule has 0 atom stereocenters. The van der Waals surface area contributed by atoms with E-state index in [1.807, 2.05) is 0 Å². The van der Waals surface area contributed by atoms with E-state index in [4.69, 9.17) is 13.6 Å². The molecule has 0 N–H and O–H groups in total. The molecule has 0 radical (unpaired) electrons. The van der Waals surface area contributed by atoms with Gasteiger partial charge in [-0.3, -0.25) is 4.90 Å². The van der Waals surface area contributed by atoms with Crippen LogP contribution in [0.2, 0.25) is 6.04 Å². The van der Waals surface area contributed by atoms with Gasteiger partial charge in [0.1, 0.15) is 0 Å². The van der Waals surface area contributed by atoms with Crippen LogP contribution in [-0.2, 0) is 13.6 Å². The molecular formula is C10H21NO3Si. The highest BCUT2D eigenvalue weighted by atomic mass is 28.4. The normalized spacial score (nSPS) is 37.4. The second-order valence-electron chi connectivity index (χ2n) is 4.80. The molecule has 0 unspecified atom stereocenters. The minimum absolute atomic E-state index is 0.621. The maximum atomic E-state index is 6.00. The third-order valence-electron chi connectivity index (χ3n) is 2.86. The Kier molecular flexibility index (Phi) is 3.79. The summed E-state index contributed by atoms with van der Waals surface area (Å²) < 4.78 is 17.7. The monoisotopic (exact) mass is 231 g/mol. The van der Waals surface area contributed by atoms with Crippen LogP contribution in [0.3, 0.4) is 0 Å². The van der Waals surface area contributed by atoms with E-state index >= 15 is 0 Å². The fourth-order valence-corrected chi connectivity index (χ4v) is 5.39. The zero-order valence-electron chi connectivity index (χ0n) is 9.70. The number of fused-ring (bicyclic) bond motifs is 6. The SMILES string of the molecule is CC(C)C[Si]12COCN(CCO1)CCO2. The van der Waals surface area contributed by atoms with Gasteiger partial charge in [-0.15, -0.1) is 0 Å². The average molecular weight is 231 g/mol. The van der Waals surface area contributed by atoms with Crippen LogP contribution in [0.1, 0.15) is 13.8 Å². The summed E-state index contributed by atoms with van der Waals surface area (Å²) in [5.41, 5.74) is 0. The summed E-state index contributed by atoms with van der Waals surface area (Å²) in [6.07, 6.45) is 0.696. The topological polar surface area (TPSA) is 30.9 Å². The molecule has 3 fully saturated rings. The summed E-state index contributed by atoms with van der Waals surface area (Å²) in [7, 11) is -2.04. The van der Waals surface area contributed by atoms with Gasteiger partial charge in [0.25, 0.3) is 0 Å². The Morgan fingerprint density at radius 2 is 1.87 bits per heavy atom. The summed E-state index contributed by atoms with van der Waals surface area (Å²) in [5, 5.41) is 0. The first-order valence-corrected chi connectivity index (χ1v) is 8.01. The number of ether oxygens (including phenoxy) is 1. The Balaban J connectivity index is 2.05. The van der Waals surface area contributed by atoms with Gasteiger partial charge in [-0.25, -0.2) is 0 Å². The van der Waals surface area contributed by atoms with Crippen LogP contribution in [0.15, 0.2) is 0 Å². The van der Waals surface area contributed by atoms with Crippen molar-refractivity contribution in [2.75, 3.05) is 39.3 Å². The predicted molar refractivity (Wildman–Crippen MR) is 59.7 cm³/mol. The maximum absolute atomic E-state index is 6.00. The fraction of sp³-hybridized carbons (Fsp3) is 1.00. The van der Waals surface area contributed by atoms with E-state index in [-0.39, 0.29) is 0 Å². The predicted octanol–water partition coefficient (Wildman–Crippen LogP) is 0.960. The molecule has 4 nitrogen and oxygen atoms in total. The van der Waals surface area contributed by atoms with Crippen LogP contribution < -0.4 is 0 Å². The Bertz CT molecular complexity index is 186. The van der Waals surface area contributed by atoms with Gasteiger partial charge in [0.15, 0.2) is 0 Å². The summed E-state index contributed by atoms with van der Waals surface area (Å²) in [6, 6.07) is 1.05. The van der Waals surface area contributed by atoms with Gasteiger partial charge in [0.05, 0.1) is 13.0 Å². The number of hydrogen-bond donors (Lipinski definition) is 0. The molecule has 0 aliphatic carbocycles. The lowest BCUT2D eigenvalue weighted by atomic mass is 10.3. The Hall–Kier alpha value is 0.0569. The number of hydrogen-bond acceptors (Lipinski definition) is 4. The van der Waals surface area contributed by atoms with E-state index in [1.54, 1.807) is 0 Å². The molecule has 3 saturated heterocycles. The van der Waals surface area contributed by atoms with E-state index in [0.717, 1.165) is 39.1 Å². The third-order valence-corrected chi connectivity index (χ3v) is 6.40. The van der Waals surface area contributed by atoms with Crippen molar-refractivity contribution in [2.45, 2.75) is 19.9 Å². The molecule has 2 bridgehead atoms. The summed E-state index contributed by atoms with van der Waals surface area (Å²) in [5.74, 6) is 0.621. The molecule has 0 aromatic rings. The molecule has 3 aliphatic heterocycles. The van der Waals surface area contributed by atoms with E-state index in [1.165, 1.54) is 0 Å². The smallest absolute Gasteiger partial charge is 0.365 e. The van der Waals surface area contributed by atoms with Crippen molar-refractivity contribution in [3.8, 4) is 0 Å². The molecule has 5 heteroatoms. The lowest BCUT2D eigenvalue weighted by Crippen LogP contribution is -2.56. The largest absolute Gasteiger partial charge is 0.392 e. The minimum atomic E-state index is -2.04. The Labute approximate surface area is 92.7 Å². The van der Waals surface area contributed by atoms with Crippen LogP contribution in [0.25, 0.3) is 0 Å². The van der Waals surface area contributed by atoms with Crippen LogP contribution in [0, 0.1) is 5.92 Å². The van der Waals surface area contributed by atoms with Crippen molar-refractivity contribution < 1.29 is 13.6 Å². The zero-order chi connectivity index (χ0) is 10.7. The maximum Gasteiger partial charge on any atom is 0.365 e. The molecule has 0 amide bonds. The van der Waals surface area contributed by atoms with Gasteiger partial charge in [-0.1, -0.05) is 13.8 Å². The highest BCUT2D eigenvalue weighted by molar-refractivity contribution is 6.67. The third kappa shape index (κ3) is 3.01. The second-order valence-corrected chi connectivity index (χ2v) is 7.90. The van der Waals surface area contributed by atoms with E-state index in [9.17, 15) is 0 Å². The standard InChI is InChI=1S/C10H21NO3Si/c1-10(2)7-15-9-12-8-11(3-5-13-15)4-6-14-15/h10H,3-9H2,1-2H3. The average Bonchev–Trinajstić information content (AvgIpc) is 2.05. The first kappa shape index (κ1) is 11.5. The van der Waals surface area contributed by atoms with Crippen LogP contribution >= 0.6 is 0 Å². The van der Waals surface area contributed by atoms with Crippen molar-refractivity contribution in [2.24, 2.45) is 5.92 Å². The van der Waals surface area contributed by atoms with E-state index in [2.05, 4.69) is 18.7 Å². The summed E-state index contributed by atoms with van der Waals surface area (Å²) in [4.78, 5) is 2.24. The summed E-state index contributed by atoms with van der Waals surface area (Å²) >= 11 is 0. The first-order valence-electron chi connectivity index (χ1n) is 5.78. The molecule has 0 saturated carbocycles. The van der Waals surface area contributed by atoms with Crippen LogP contribution in [-0.4, -0.2) is 52.7 Å². The Morgan fingerprint density at radius 3 is 2.47 bits per heavy atom. The molecule has 88 valence electrons. The van der Waals surface area contributed by atoms with E-state index < -0.39 is 8.56 Å². The van der Waals surface area contributed by atoms with Gasteiger partial charge >= 0.3 is 8.56 Å². The van der Waals surface area contributed by atoms with Crippen molar-refractivity contribution in [3.05, 3.63) is 0 Å². The number of rotatable bonds is 2. The van der Waals surface area contributed by atoms with Crippen molar-refractivity contribution >= 4 is 8.56 Å². The lowest BCUT2D eigenvalue weighted by Gasteiger charge is -2.39. The van der Waals surface area contributed by atoms with Crippen LogP contribution in [0.5, 0.6) is 0 Å². The van der Waals surface area contributed by atoms with Crippen LogP contribution in [0.4, 0.5) is 0 Å². The van der Waals surface area contributed by atoms with Gasteiger partial charge in [0.2, 0.25) is 0 Å². The van der Waals surface area contributed by atoms with E-state index in [0.29, 0.717) is 12.1 Å². The number of nitrogens with zero attached hydrogens (tertiary/aromatic N) is 1. The molecule has 0 spiro atoms.